The number of nitrogens with one attached hydrogen (secondary N) is 1. The molecule has 2 rings (SSSR count). The van der Waals surface area contributed by atoms with Crippen molar-refractivity contribution in [1.82, 2.24) is 15.2 Å². The topological polar surface area (TPSA) is 54.5 Å². The van der Waals surface area contributed by atoms with Gasteiger partial charge in [0.25, 0.3) is 0 Å². The van der Waals surface area contributed by atoms with Crippen LogP contribution in [-0.4, -0.2) is 41.2 Å². The van der Waals surface area contributed by atoms with Gasteiger partial charge in [0.15, 0.2) is 0 Å². The lowest BCUT2D eigenvalue weighted by molar-refractivity contribution is 0.0166. The first-order valence-corrected chi connectivity index (χ1v) is 8.01. The van der Waals surface area contributed by atoms with E-state index in [0.29, 0.717) is 5.92 Å². The Morgan fingerprint density at radius 2 is 2.32 bits per heavy atom. The number of pyridine rings is 1. The molecular weight excluding hydrogens is 278 g/mol. The molecule has 5 nitrogen and oxygen atoms in total. The van der Waals surface area contributed by atoms with Gasteiger partial charge in [-0.05, 0) is 57.7 Å². The summed E-state index contributed by atoms with van der Waals surface area (Å²) in [6.07, 6.45) is 5.66. The van der Waals surface area contributed by atoms with Gasteiger partial charge in [0.05, 0.1) is 0 Å². The summed E-state index contributed by atoms with van der Waals surface area (Å²) in [5, 5.41) is 3.46. The molecule has 0 spiro atoms. The molecular formula is C17H27N3O2. The zero-order valence-corrected chi connectivity index (χ0v) is 13.8. The number of carbonyl (C=O) groups excluding carboxylic acids is 1. The van der Waals surface area contributed by atoms with Crippen LogP contribution in [0.3, 0.4) is 0 Å². The Bertz CT molecular complexity index is 471. The quantitative estimate of drug-likeness (QED) is 0.929. The van der Waals surface area contributed by atoms with Crippen molar-refractivity contribution in [2.24, 2.45) is 5.92 Å². The minimum atomic E-state index is -0.428. The van der Waals surface area contributed by atoms with E-state index in [1.54, 1.807) is 6.20 Å². The predicted molar refractivity (Wildman–Crippen MR) is 86.5 cm³/mol. The number of hydrogen-bond donors (Lipinski definition) is 1. The highest BCUT2D eigenvalue weighted by atomic mass is 16.6. The van der Waals surface area contributed by atoms with E-state index in [1.165, 1.54) is 5.56 Å². The normalized spacial score (nSPS) is 19.0. The molecule has 0 saturated carbocycles. The lowest BCUT2D eigenvalue weighted by Gasteiger charge is -2.34. The summed E-state index contributed by atoms with van der Waals surface area (Å²) in [7, 11) is 0. The number of carbonyl (C=O) groups is 1. The summed E-state index contributed by atoms with van der Waals surface area (Å²) in [5.41, 5.74) is 0.755. The summed E-state index contributed by atoms with van der Waals surface area (Å²) in [6, 6.07) is 4.01. The molecule has 1 aliphatic heterocycles. The van der Waals surface area contributed by atoms with Crippen molar-refractivity contribution < 1.29 is 9.53 Å². The fourth-order valence-corrected chi connectivity index (χ4v) is 2.65. The molecule has 1 aromatic heterocycles. The molecule has 0 unspecified atom stereocenters. The first-order chi connectivity index (χ1) is 10.4. The lowest BCUT2D eigenvalue weighted by atomic mass is 9.98. The van der Waals surface area contributed by atoms with E-state index in [1.807, 2.05) is 37.9 Å². The molecule has 1 aliphatic rings. The summed E-state index contributed by atoms with van der Waals surface area (Å²) >= 11 is 0. The minimum Gasteiger partial charge on any atom is -0.444 e. The number of aromatic nitrogens is 1. The van der Waals surface area contributed by atoms with Crippen LogP contribution in [0.2, 0.25) is 0 Å². The zero-order valence-electron chi connectivity index (χ0n) is 13.8. The molecule has 1 N–H and O–H groups in total. The van der Waals surface area contributed by atoms with Crippen LogP contribution < -0.4 is 5.32 Å². The van der Waals surface area contributed by atoms with Crippen LogP contribution in [0.25, 0.3) is 0 Å². The molecule has 1 fully saturated rings. The predicted octanol–water partition coefficient (Wildman–Crippen LogP) is 2.82. The van der Waals surface area contributed by atoms with Gasteiger partial charge in [-0.1, -0.05) is 6.07 Å². The van der Waals surface area contributed by atoms with Gasteiger partial charge in [-0.15, -0.1) is 0 Å². The van der Waals surface area contributed by atoms with E-state index >= 15 is 0 Å². The lowest BCUT2D eigenvalue weighted by Crippen LogP contribution is -2.45. The van der Waals surface area contributed by atoms with Gasteiger partial charge in [0.1, 0.15) is 5.60 Å². The van der Waals surface area contributed by atoms with Crippen LogP contribution in [0.15, 0.2) is 24.5 Å². The van der Waals surface area contributed by atoms with Crippen LogP contribution in [0.5, 0.6) is 0 Å². The third-order valence-electron chi connectivity index (χ3n) is 3.66. The fraction of sp³-hybridized carbons (Fsp3) is 0.647. The van der Waals surface area contributed by atoms with Gasteiger partial charge in [0, 0.05) is 32.0 Å². The van der Waals surface area contributed by atoms with E-state index in [0.717, 1.165) is 39.0 Å². The maximum atomic E-state index is 12.1. The second-order valence-electron chi connectivity index (χ2n) is 6.93. The van der Waals surface area contributed by atoms with Gasteiger partial charge >= 0.3 is 6.09 Å². The van der Waals surface area contributed by atoms with Crippen molar-refractivity contribution in [3.05, 3.63) is 30.1 Å². The Balaban J connectivity index is 1.75. The highest BCUT2D eigenvalue weighted by Crippen LogP contribution is 2.19. The third-order valence-corrected chi connectivity index (χ3v) is 3.66. The van der Waals surface area contributed by atoms with Crippen LogP contribution >= 0.6 is 0 Å². The Labute approximate surface area is 133 Å². The molecule has 2 heterocycles. The fourth-order valence-electron chi connectivity index (χ4n) is 2.65. The van der Waals surface area contributed by atoms with Gasteiger partial charge in [-0.2, -0.15) is 0 Å². The first kappa shape index (κ1) is 16.7. The third kappa shape index (κ3) is 5.64. The Morgan fingerprint density at radius 1 is 1.50 bits per heavy atom. The SMILES string of the molecule is CC(C)(C)OC(=O)N1CCC[C@@H](CNCc2cccnc2)C1. The smallest absolute Gasteiger partial charge is 0.410 e. The van der Waals surface area contributed by atoms with Crippen molar-refractivity contribution >= 4 is 6.09 Å². The Hall–Kier alpha value is -1.62. The van der Waals surface area contributed by atoms with Crippen molar-refractivity contribution in [1.29, 1.82) is 0 Å². The van der Waals surface area contributed by atoms with Crippen molar-refractivity contribution in [3.8, 4) is 0 Å². The summed E-state index contributed by atoms with van der Waals surface area (Å²) in [6.45, 7) is 9.01. The van der Waals surface area contributed by atoms with Crippen LogP contribution in [0.1, 0.15) is 39.2 Å². The maximum Gasteiger partial charge on any atom is 0.410 e. The van der Waals surface area contributed by atoms with Crippen LogP contribution in [0, 0.1) is 5.92 Å². The Morgan fingerprint density at radius 3 is 3.00 bits per heavy atom. The molecule has 0 aliphatic carbocycles. The first-order valence-electron chi connectivity index (χ1n) is 8.01. The summed E-state index contributed by atoms with van der Waals surface area (Å²) < 4.78 is 5.46. The molecule has 0 bridgehead atoms. The standard InChI is InChI=1S/C17H27N3O2/c1-17(2,3)22-16(21)20-9-5-7-15(13-20)12-19-11-14-6-4-8-18-10-14/h4,6,8,10,15,19H,5,7,9,11-13H2,1-3H3/t15-/m0/s1. The highest BCUT2D eigenvalue weighted by molar-refractivity contribution is 5.68. The largest absolute Gasteiger partial charge is 0.444 e. The number of nitrogens with zero attached hydrogens (tertiary/aromatic N) is 2. The number of likely N-dealkylation sites (tertiary alicyclic amines) is 1. The van der Waals surface area contributed by atoms with E-state index in [4.69, 9.17) is 4.74 Å². The van der Waals surface area contributed by atoms with Crippen molar-refractivity contribution in [2.75, 3.05) is 19.6 Å². The summed E-state index contributed by atoms with van der Waals surface area (Å²) in [5.74, 6) is 0.484. The molecule has 0 radical (unpaired) electrons. The highest BCUT2D eigenvalue weighted by Gasteiger charge is 2.27. The van der Waals surface area contributed by atoms with E-state index in [-0.39, 0.29) is 6.09 Å². The van der Waals surface area contributed by atoms with Crippen molar-refractivity contribution in [2.45, 2.75) is 45.8 Å². The number of ether oxygens (including phenoxy) is 1. The molecule has 1 aromatic rings. The molecule has 122 valence electrons. The molecule has 5 heteroatoms. The Kier molecular flexibility index (Phi) is 5.77. The minimum absolute atomic E-state index is 0.190. The average Bonchev–Trinajstić information content (AvgIpc) is 2.47. The molecule has 22 heavy (non-hydrogen) atoms. The zero-order chi connectivity index (χ0) is 16.0. The van der Waals surface area contributed by atoms with Gasteiger partial charge in [-0.3, -0.25) is 4.98 Å². The van der Waals surface area contributed by atoms with Crippen LogP contribution in [0.4, 0.5) is 4.79 Å². The summed E-state index contributed by atoms with van der Waals surface area (Å²) in [4.78, 5) is 18.1. The van der Waals surface area contributed by atoms with E-state index in [9.17, 15) is 4.79 Å². The van der Waals surface area contributed by atoms with Crippen LogP contribution in [-0.2, 0) is 11.3 Å². The molecule has 1 saturated heterocycles. The van der Waals surface area contributed by atoms with Crippen molar-refractivity contribution in [3.63, 3.8) is 0 Å². The number of piperidine rings is 1. The molecule has 0 aromatic carbocycles. The average molecular weight is 305 g/mol. The van der Waals surface area contributed by atoms with E-state index in [2.05, 4.69) is 16.4 Å². The molecule has 1 atom stereocenters. The molecule has 1 amide bonds. The number of rotatable bonds is 4. The van der Waals surface area contributed by atoms with Gasteiger partial charge in [-0.25, -0.2) is 4.79 Å². The number of hydrogen-bond acceptors (Lipinski definition) is 4. The number of amides is 1. The second-order valence-corrected chi connectivity index (χ2v) is 6.93. The van der Waals surface area contributed by atoms with Gasteiger partial charge < -0.3 is 15.0 Å². The monoisotopic (exact) mass is 305 g/mol. The maximum absolute atomic E-state index is 12.1. The van der Waals surface area contributed by atoms with E-state index < -0.39 is 5.60 Å². The van der Waals surface area contributed by atoms with Gasteiger partial charge in [0.2, 0.25) is 0 Å². The second kappa shape index (κ2) is 7.58.